The zero-order valence-electron chi connectivity index (χ0n) is 7.50. The number of halogens is 2. The molecule has 0 saturated heterocycles. The number of aliphatic imine (C=N–C) groups is 1. The van der Waals surface area contributed by atoms with Gasteiger partial charge in [0.25, 0.3) is 5.91 Å². The van der Waals surface area contributed by atoms with Crippen molar-refractivity contribution >= 4 is 35.1 Å². The van der Waals surface area contributed by atoms with Gasteiger partial charge in [0.05, 0.1) is 0 Å². The second-order valence-electron chi connectivity index (χ2n) is 3.07. The monoisotopic (exact) mass is 243 g/mol. The maximum Gasteiger partial charge on any atom is 0.256 e. The van der Waals surface area contributed by atoms with Crippen molar-refractivity contribution in [3.05, 3.63) is 33.8 Å². The van der Waals surface area contributed by atoms with Crippen molar-refractivity contribution in [3.8, 4) is 0 Å². The molecule has 1 aliphatic heterocycles. The van der Waals surface area contributed by atoms with Crippen LogP contribution in [0.3, 0.4) is 0 Å². The highest BCUT2D eigenvalue weighted by Gasteiger charge is 2.28. The molecule has 1 amide bonds. The SMILES string of the molecule is NC1=NC(c2ccc(Cl)cc2Cl)C(=O)N1. The summed E-state index contributed by atoms with van der Waals surface area (Å²) < 4.78 is 0. The first-order chi connectivity index (χ1) is 7.08. The van der Waals surface area contributed by atoms with E-state index in [4.69, 9.17) is 28.9 Å². The Kier molecular flexibility index (Phi) is 2.54. The van der Waals surface area contributed by atoms with Crippen LogP contribution in [0, 0.1) is 0 Å². The quantitative estimate of drug-likeness (QED) is 0.785. The van der Waals surface area contributed by atoms with Gasteiger partial charge in [-0.3, -0.25) is 10.1 Å². The normalized spacial score (nSPS) is 20.0. The summed E-state index contributed by atoms with van der Waals surface area (Å²) in [6.45, 7) is 0. The zero-order chi connectivity index (χ0) is 11.0. The molecule has 0 aliphatic carbocycles. The molecule has 0 fully saturated rings. The Balaban J connectivity index is 2.42. The molecule has 3 N–H and O–H groups in total. The highest BCUT2D eigenvalue weighted by atomic mass is 35.5. The Hall–Kier alpha value is -1.26. The lowest BCUT2D eigenvalue weighted by Gasteiger charge is -2.07. The van der Waals surface area contributed by atoms with Crippen LogP contribution in [0.15, 0.2) is 23.2 Å². The minimum atomic E-state index is -0.672. The number of guanidine groups is 1. The molecule has 0 bridgehead atoms. The lowest BCUT2D eigenvalue weighted by Crippen LogP contribution is -2.31. The van der Waals surface area contributed by atoms with Gasteiger partial charge in [0, 0.05) is 15.6 Å². The van der Waals surface area contributed by atoms with E-state index in [1.165, 1.54) is 0 Å². The Morgan fingerprint density at radius 3 is 2.67 bits per heavy atom. The highest BCUT2D eigenvalue weighted by molar-refractivity contribution is 6.35. The van der Waals surface area contributed by atoms with Crippen molar-refractivity contribution in [2.75, 3.05) is 0 Å². The molecule has 0 spiro atoms. The summed E-state index contributed by atoms with van der Waals surface area (Å²) >= 11 is 11.7. The predicted octanol–water partition coefficient (Wildman–Crippen LogP) is 1.48. The number of carbonyl (C=O) groups excluding carboxylic acids is 1. The van der Waals surface area contributed by atoms with Gasteiger partial charge in [-0.1, -0.05) is 29.3 Å². The third-order valence-corrected chi connectivity index (χ3v) is 2.59. The van der Waals surface area contributed by atoms with Crippen LogP contribution in [-0.2, 0) is 4.79 Å². The van der Waals surface area contributed by atoms with Gasteiger partial charge in [-0.05, 0) is 12.1 Å². The summed E-state index contributed by atoms with van der Waals surface area (Å²) in [5.41, 5.74) is 5.98. The molecule has 1 unspecified atom stereocenters. The maximum atomic E-state index is 11.4. The molecule has 0 aromatic heterocycles. The Labute approximate surface area is 96.1 Å². The topological polar surface area (TPSA) is 67.5 Å². The van der Waals surface area contributed by atoms with Crippen LogP contribution in [0.5, 0.6) is 0 Å². The number of nitrogens with one attached hydrogen (secondary N) is 1. The summed E-state index contributed by atoms with van der Waals surface area (Å²) in [6.07, 6.45) is 0. The van der Waals surface area contributed by atoms with Gasteiger partial charge >= 0.3 is 0 Å². The van der Waals surface area contributed by atoms with E-state index in [2.05, 4.69) is 10.3 Å². The first-order valence-corrected chi connectivity index (χ1v) is 4.92. The van der Waals surface area contributed by atoms with E-state index >= 15 is 0 Å². The van der Waals surface area contributed by atoms with E-state index in [0.717, 1.165) is 0 Å². The number of hydrogen-bond acceptors (Lipinski definition) is 3. The maximum absolute atomic E-state index is 11.4. The molecule has 1 atom stereocenters. The van der Waals surface area contributed by atoms with Gasteiger partial charge in [-0.25, -0.2) is 4.99 Å². The molecular weight excluding hydrogens is 237 g/mol. The van der Waals surface area contributed by atoms with Crippen LogP contribution in [0.1, 0.15) is 11.6 Å². The van der Waals surface area contributed by atoms with E-state index in [1.54, 1.807) is 18.2 Å². The summed E-state index contributed by atoms with van der Waals surface area (Å²) in [4.78, 5) is 15.4. The predicted molar refractivity (Wildman–Crippen MR) is 59.0 cm³/mol. The first kappa shape index (κ1) is 10.3. The molecule has 78 valence electrons. The van der Waals surface area contributed by atoms with Crippen LogP contribution in [0.4, 0.5) is 0 Å². The molecule has 15 heavy (non-hydrogen) atoms. The largest absolute Gasteiger partial charge is 0.370 e. The lowest BCUT2D eigenvalue weighted by atomic mass is 10.1. The number of rotatable bonds is 1. The summed E-state index contributed by atoms with van der Waals surface area (Å²) in [5.74, 6) is -0.173. The molecule has 0 saturated carbocycles. The Morgan fingerprint density at radius 2 is 2.13 bits per heavy atom. The first-order valence-electron chi connectivity index (χ1n) is 4.17. The second kappa shape index (κ2) is 3.72. The third-order valence-electron chi connectivity index (χ3n) is 2.02. The summed E-state index contributed by atoms with van der Waals surface area (Å²) in [5, 5.41) is 3.32. The fraction of sp³-hybridized carbons (Fsp3) is 0.111. The van der Waals surface area contributed by atoms with Crippen LogP contribution in [-0.4, -0.2) is 11.9 Å². The molecule has 1 heterocycles. The fourth-order valence-electron chi connectivity index (χ4n) is 1.36. The van der Waals surface area contributed by atoms with E-state index in [0.29, 0.717) is 15.6 Å². The number of benzene rings is 1. The van der Waals surface area contributed by atoms with Gasteiger partial charge < -0.3 is 5.73 Å². The van der Waals surface area contributed by atoms with Crippen LogP contribution in [0.2, 0.25) is 10.0 Å². The highest BCUT2D eigenvalue weighted by Crippen LogP contribution is 2.29. The van der Waals surface area contributed by atoms with Crippen molar-refractivity contribution in [2.45, 2.75) is 6.04 Å². The number of carbonyl (C=O) groups is 1. The van der Waals surface area contributed by atoms with Crippen molar-refractivity contribution in [3.63, 3.8) is 0 Å². The van der Waals surface area contributed by atoms with Gasteiger partial charge in [0.2, 0.25) is 0 Å². The molecule has 1 aromatic carbocycles. The van der Waals surface area contributed by atoms with Crippen molar-refractivity contribution in [1.82, 2.24) is 5.32 Å². The molecule has 6 heteroatoms. The van der Waals surface area contributed by atoms with E-state index in [9.17, 15) is 4.79 Å². The molecule has 0 radical (unpaired) electrons. The summed E-state index contributed by atoms with van der Waals surface area (Å²) in [7, 11) is 0. The Bertz CT molecular complexity index is 459. The van der Waals surface area contributed by atoms with Crippen molar-refractivity contribution in [2.24, 2.45) is 10.7 Å². The molecule has 1 aliphatic rings. The standard InChI is InChI=1S/C9H7Cl2N3O/c10-4-1-2-5(6(11)3-4)7-8(15)14-9(12)13-7/h1-3,7H,(H3,12,13,14,15). The third kappa shape index (κ3) is 1.91. The number of amides is 1. The van der Waals surface area contributed by atoms with E-state index in [-0.39, 0.29) is 11.9 Å². The number of nitrogens with two attached hydrogens (primary N) is 1. The Morgan fingerprint density at radius 1 is 1.40 bits per heavy atom. The summed E-state index contributed by atoms with van der Waals surface area (Å²) in [6, 6.07) is 4.21. The van der Waals surface area contributed by atoms with E-state index < -0.39 is 6.04 Å². The van der Waals surface area contributed by atoms with Crippen LogP contribution >= 0.6 is 23.2 Å². The van der Waals surface area contributed by atoms with Crippen LogP contribution < -0.4 is 11.1 Å². The fourth-order valence-corrected chi connectivity index (χ4v) is 1.87. The van der Waals surface area contributed by atoms with Gasteiger partial charge in [0.15, 0.2) is 12.0 Å². The van der Waals surface area contributed by atoms with Crippen LogP contribution in [0.25, 0.3) is 0 Å². The second-order valence-corrected chi connectivity index (χ2v) is 3.92. The number of nitrogens with zero attached hydrogens (tertiary/aromatic N) is 1. The average molecular weight is 244 g/mol. The molecule has 4 nitrogen and oxygen atoms in total. The minimum absolute atomic E-state index is 0.107. The van der Waals surface area contributed by atoms with Gasteiger partial charge in [0.1, 0.15) is 0 Å². The molecule has 2 rings (SSSR count). The van der Waals surface area contributed by atoms with Crippen molar-refractivity contribution < 1.29 is 4.79 Å². The molecule has 1 aromatic rings. The molecular formula is C9H7Cl2N3O. The van der Waals surface area contributed by atoms with Crippen molar-refractivity contribution in [1.29, 1.82) is 0 Å². The van der Waals surface area contributed by atoms with Gasteiger partial charge in [-0.15, -0.1) is 0 Å². The average Bonchev–Trinajstić information content (AvgIpc) is 2.45. The number of hydrogen-bond donors (Lipinski definition) is 2. The smallest absolute Gasteiger partial charge is 0.256 e. The zero-order valence-corrected chi connectivity index (χ0v) is 9.01. The lowest BCUT2D eigenvalue weighted by molar-refractivity contribution is -0.120. The minimum Gasteiger partial charge on any atom is -0.370 e. The van der Waals surface area contributed by atoms with E-state index in [1.807, 2.05) is 0 Å². The van der Waals surface area contributed by atoms with Gasteiger partial charge in [-0.2, -0.15) is 0 Å².